The van der Waals surface area contributed by atoms with Crippen molar-refractivity contribution in [3.63, 3.8) is 0 Å². The van der Waals surface area contributed by atoms with Gasteiger partial charge in [0.25, 0.3) is 0 Å². The van der Waals surface area contributed by atoms with Gasteiger partial charge in [-0.2, -0.15) is 0 Å². The van der Waals surface area contributed by atoms with Crippen LogP contribution in [0.25, 0.3) is 11.0 Å². The van der Waals surface area contributed by atoms with Gasteiger partial charge in [-0.05, 0) is 60.1 Å². The van der Waals surface area contributed by atoms with Gasteiger partial charge in [0.15, 0.2) is 17.3 Å². The normalized spacial score (nSPS) is 19.4. The predicted molar refractivity (Wildman–Crippen MR) is 150 cm³/mol. The Balaban J connectivity index is 1.42. The SMILES string of the molecule is CC(=O)c1c(O)c(C)c(O)c2c1OC1=CC(=O)/C(=C(/C)NCCCc3nc4ccccc4n3C(C)C)C(=O)[C@]12C. The molecule has 2 aromatic carbocycles. The number of para-hydroxylation sites is 2. The summed E-state index contributed by atoms with van der Waals surface area (Å²) in [5, 5.41) is 24.7. The molecule has 2 heterocycles. The summed E-state index contributed by atoms with van der Waals surface area (Å²) < 4.78 is 8.04. The first-order chi connectivity index (χ1) is 18.9. The maximum absolute atomic E-state index is 13.9. The molecular formula is C31H33N3O6. The fourth-order valence-corrected chi connectivity index (χ4v) is 5.82. The maximum atomic E-state index is 13.9. The highest BCUT2D eigenvalue weighted by molar-refractivity contribution is 6.31. The summed E-state index contributed by atoms with van der Waals surface area (Å²) in [5.74, 6) is -1.42. The van der Waals surface area contributed by atoms with E-state index < -0.39 is 28.5 Å². The smallest absolute Gasteiger partial charge is 0.194 e. The lowest BCUT2D eigenvalue weighted by Gasteiger charge is -2.29. The van der Waals surface area contributed by atoms with Crippen molar-refractivity contribution < 1.29 is 29.3 Å². The Bertz CT molecular complexity index is 1680. The minimum absolute atomic E-state index is 0.0180. The third kappa shape index (κ3) is 3.91. The number of ether oxygens (including phenoxy) is 1. The molecule has 0 fully saturated rings. The summed E-state index contributed by atoms with van der Waals surface area (Å²) in [4.78, 5) is 44.2. The van der Waals surface area contributed by atoms with Crippen LogP contribution >= 0.6 is 0 Å². The second-order valence-corrected chi connectivity index (χ2v) is 10.9. The zero-order chi connectivity index (χ0) is 29.1. The number of hydrogen-bond donors (Lipinski definition) is 3. The number of nitrogens with zero attached hydrogens (tertiary/aromatic N) is 2. The van der Waals surface area contributed by atoms with Crippen LogP contribution in [0.2, 0.25) is 0 Å². The number of allylic oxidation sites excluding steroid dienone is 4. The number of phenolic OH excluding ortho intramolecular Hbond substituents is 2. The van der Waals surface area contributed by atoms with Crippen LogP contribution in [0.3, 0.4) is 0 Å². The van der Waals surface area contributed by atoms with Crippen LogP contribution in [-0.2, 0) is 21.4 Å². The molecule has 3 N–H and O–H groups in total. The van der Waals surface area contributed by atoms with Gasteiger partial charge in [0.1, 0.15) is 39.8 Å². The standard InChI is InChI=1S/C31H33N3O6/c1-15(2)34-20-11-8-7-10-19(20)33-23(34)12-9-13-32-17(4)24-21(36)14-22-31(6,30(24)39)26-28(38)16(3)27(37)25(18(5)35)29(26)40-22/h7-8,10-11,14-15,32,37-38H,9,12-13H2,1-6H3/b24-17+/t31-/m1/s1. The van der Waals surface area contributed by atoms with E-state index in [4.69, 9.17) is 9.72 Å². The molecule has 1 aliphatic carbocycles. The molecule has 2 aliphatic rings. The highest BCUT2D eigenvalue weighted by Gasteiger charge is 2.56. The molecule has 0 unspecified atom stereocenters. The molecule has 0 amide bonds. The van der Waals surface area contributed by atoms with Gasteiger partial charge in [-0.1, -0.05) is 12.1 Å². The van der Waals surface area contributed by atoms with Gasteiger partial charge < -0.3 is 24.8 Å². The third-order valence-electron chi connectivity index (χ3n) is 7.91. The summed E-state index contributed by atoms with van der Waals surface area (Å²) in [5.41, 5.74) is 0.899. The number of ketones is 3. The average molecular weight is 544 g/mol. The van der Waals surface area contributed by atoms with E-state index in [0.717, 1.165) is 16.9 Å². The molecule has 1 atom stereocenters. The molecule has 0 saturated heterocycles. The van der Waals surface area contributed by atoms with Crippen LogP contribution in [0.4, 0.5) is 0 Å². The minimum atomic E-state index is -1.53. The van der Waals surface area contributed by atoms with E-state index in [9.17, 15) is 24.6 Å². The summed E-state index contributed by atoms with van der Waals surface area (Å²) >= 11 is 0. The van der Waals surface area contributed by atoms with Crippen LogP contribution in [0.1, 0.15) is 74.4 Å². The van der Waals surface area contributed by atoms with Crippen LogP contribution in [0.15, 0.2) is 47.4 Å². The van der Waals surface area contributed by atoms with Crippen molar-refractivity contribution in [2.45, 2.75) is 65.8 Å². The Morgan fingerprint density at radius 2 is 1.85 bits per heavy atom. The first kappa shape index (κ1) is 27.2. The molecule has 0 spiro atoms. The first-order valence-corrected chi connectivity index (χ1v) is 13.4. The van der Waals surface area contributed by atoms with Gasteiger partial charge in [0, 0.05) is 36.3 Å². The van der Waals surface area contributed by atoms with Gasteiger partial charge in [0.2, 0.25) is 0 Å². The van der Waals surface area contributed by atoms with Gasteiger partial charge >= 0.3 is 0 Å². The number of nitrogens with one attached hydrogen (secondary N) is 1. The molecule has 9 nitrogen and oxygen atoms in total. The number of aryl methyl sites for hydroxylation is 1. The van der Waals surface area contributed by atoms with Crippen LogP contribution in [-0.4, -0.2) is 43.7 Å². The lowest BCUT2D eigenvalue weighted by atomic mass is 9.70. The third-order valence-corrected chi connectivity index (χ3v) is 7.91. The molecule has 40 heavy (non-hydrogen) atoms. The zero-order valence-electron chi connectivity index (χ0n) is 23.5. The number of rotatable bonds is 7. The summed E-state index contributed by atoms with van der Waals surface area (Å²) in [6, 6.07) is 8.28. The van der Waals surface area contributed by atoms with Crippen LogP contribution < -0.4 is 10.1 Å². The molecular weight excluding hydrogens is 510 g/mol. The van der Waals surface area contributed by atoms with E-state index in [1.54, 1.807) is 13.8 Å². The summed E-state index contributed by atoms with van der Waals surface area (Å²) in [6.07, 6.45) is 2.65. The molecule has 1 aliphatic heterocycles. The number of Topliss-reactive ketones (excluding diaryl/α,β-unsaturated/α-hetero) is 2. The molecule has 0 radical (unpaired) electrons. The van der Waals surface area contributed by atoms with Crippen molar-refractivity contribution in [2.24, 2.45) is 0 Å². The number of hydrogen-bond acceptors (Lipinski definition) is 8. The first-order valence-electron chi connectivity index (χ1n) is 13.4. The van der Waals surface area contributed by atoms with E-state index in [0.29, 0.717) is 25.1 Å². The maximum Gasteiger partial charge on any atom is 0.194 e. The number of imidazole rings is 1. The lowest BCUT2D eigenvalue weighted by Crippen LogP contribution is -2.41. The number of benzene rings is 2. The van der Waals surface area contributed by atoms with Crippen LogP contribution in [0.5, 0.6) is 17.2 Å². The van der Waals surface area contributed by atoms with Crippen molar-refractivity contribution in [1.29, 1.82) is 0 Å². The van der Waals surface area contributed by atoms with Crippen molar-refractivity contribution in [3.8, 4) is 17.2 Å². The van der Waals surface area contributed by atoms with E-state index >= 15 is 0 Å². The van der Waals surface area contributed by atoms with Gasteiger partial charge in [-0.3, -0.25) is 14.4 Å². The van der Waals surface area contributed by atoms with Gasteiger partial charge in [-0.15, -0.1) is 0 Å². The fourth-order valence-electron chi connectivity index (χ4n) is 5.82. The zero-order valence-corrected chi connectivity index (χ0v) is 23.5. The highest BCUT2D eigenvalue weighted by atomic mass is 16.5. The molecule has 3 aromatic rings. The van der Waals surface area contributed by atoms with E-state index in [1.807, 2.05) is 18.2 Å². The Hall–Kier alpha value is -4.40. The Morgan fingerprint density at radius 1 is 1.15 bits per heavy atom. The quantitative estimate of drug-likeness (QED) is 0.169. The molecule has 1 aromatic heterocycles. The number of carbonyl (C=O) groups is 3. The van der Waals surface area contributed by atoms with Crippen LogP contribution in [0, 0.1) is 6.92 Å². The Labute approximate surface area is 232 Å². The second kappa shape index (κ2) is 9.66. The number of fused-ring (bicyclic) bond motifs is 4. The molecule has 0 saturated carbocycles. The minimum Gasteiger partial charge on any atom is -0.507 e. The number of carbonyl (C=O) groups excluding carboxylic acids is 3. The Morgan fingerprint density at radius 3 is 2.52 bits per heavy atom. The van der Waals surface area contributed by atoms with Crippen molar-refractivity contribution >= 4 is 28.4 Å². The topological polar surface area (TPSA) is 131 Å². The lowest BCUT2D eigenvalue weighted by molar-refractivity contribution is -0.123. The van der Waals surface area contributed by atoms with Crippen molar-refractivity contribution in [2.75, 3.05) is 6.54 Å². The van der Waals surface area contributed by atoms with E-state index in [-0.39, 0.29) is 45.6 Å². The number of aromatic nitrogens is 2. The molecule has 0 bridgehead atoms. The predicted octanol–water partition coefficient (Wildman–Crippen LogP) is 4.72. The number of phenols is 2. The van der Waals surface area contributed by atoms with Gasteiger partial charge in [0.05, 0.1) is 22.2 Å². The fraction of sp³-hybridized carbons (Fsp3) is 0.355. The summed E-state index contributed by atoms with van der Waals surface area (Å²) in [6.45, 7) is 10.7. The van der Waals surface area contributed by atoms with Crippen molar-refractivity contribution in [1.82, 2.24) is 14.9 Å². The van der Waals surface area contributed by atoms with Crippen molar-refractivity contribution in [3.05, 3.63) is 69.9 Å². The number of aromatic hydroxyl groups is 2. The molecule has 5 rings (SSSR count). The monoisotopic (exact) mass is 543 g/mol. The Kier molecular flexibility index (Phi) is 6.56. The molecule has 208 valence electrons. The summed E-state index contributed by atoms with van der Waals surface area (Å²) in [7, 11) is 0. The molecule has 9 heteroatoms. The average Bonchev–Trinajstić information content (AvgIpc) is 3.41. The van der Waals surface area contributed by atoms with E-state index in [1.165, 1.54) is 19.9 Å². The largest absolute Gasteiger partial charge is 0.507 e. The highest BCUT2D eigenvalue weighted by Crippen LogP contribution is 2.57. The van der Waals surface area contributed by atoms with Gasteiger partial charge in [-0.25, -0.2) is 4.98 Å². The second-order valence-electron chi connectivity index (χ2n) is 10.9. The van der Waals surface area contributed by atoms with E-state index in [2.05, 4.69) is 29.8 Å².